The Morgan fingerprint density at radius 2 is 1.00 bits per heavy atom. The van der Waals surface area contributed by atoms with Crippen molar-refractivity contribution in [2.24, 2.45) is 5.73 Å². The van der Waals surface area contributed by atoms with Crippen LogP contribution in [0, 0.1) is 34.0 Å². The second kappa shape index (κ2) is 26.2. The lowest BCUT2D eigenvalue weighted by atomic mass is 10.3. The summed E-state index contributed by atoms with van der Waals surface area (Å²) in [6.07, 6.45) is 4.93. The molecule has 24 heteroatoms. The van der Waals surface area contributed by atoms with Crippen LogP contribution in [0.15, 0.2) is 88.0 Å². The van der Waals surface area contributed by atoms with Gasteiger partial charge in [-0.15, -0.1) is 23.2 Å². The summed E-state index contributed by atoms with van der Waals surface area (Å²) in [7, 11) is -1.88. The van der Waals surface area contributed by atoms with Crippen molar-refractivity contribution in [2.75, 3.05) is 32.3 Å². The van der Waals surface area contributed by atoms with E-state index in [1.165, 1.54) is 56.8 Å². The fourth-order valence-corrected chi connectivity index (χ4v) is 4.63. The minimum absolute atomic E-state index is 0.0500. The van der Waals surface area contributed by atoms with E-state index in [0.717, 1.165) is 19.5 Å². The van der Waals surface area contributed by atoms with Crippen LogP contribution >= 0.6 is 33.9 Å². The molecule has 4 aromatic heterocycles. The predicted octanol–water partition coefficient (Wildman–Crippen LogP) is 1.76. The van der Waals surface area contributed by atoms with Crippen molar-refractivity contribution in [3.63, 3.8) is 0 Å². The Morgan fingerprint density at radius 1 is 0.654 bits per heavy atom. The van der Waals surface area contributed by atoms with Crippen LogP contribution in [-0.2, 0) is 35.6 Å². The summed E-state index contributed by atoms with van der Waals surface area (Å²) in [6.45, 7) is 0.305. The van der Waals surface area contributed by atoms with Gasteiger partial charge in [-0.3, -0.25) is 4.98 Å². The summed E-state index contributed by atoms with van der Waals surface area (Å²) in [5.74, 6) is 0. The lowest BCUT2D eigenvalue weighted by molar-refractivity contribution is 0.399. The van der Waals surface area contributed by atoms with Crippen LogP contribution < -0.4 is 20.9 Å². The third-order valence-electron chi connectivity index (χ3n) is 5.05. The quantitative estimate of drug-likeness (QED) is 0.136. The molecule has 0 aromatic carbocycles. The number of hydrogen-bond acceptors (Lipinski definition) is 16. The summed E-state index contributed by atoms with van der Waals surface area (Å²) in [5, 5.41) is 32.2. The molecule has 18 nitrogen and oxygen atoms in total. The number of hydrogen-bond donors (Lipinski definition) is 5. The van der Waals surface area contributed by atoms with Crippen LogP contribution in [0.25, 0.3) is 0 Å². The van der Waals surface area contributed by atoms with Crippen molar-refractivity contribution < 1.29 is 30.4 Å². The first kappa shape index (κ1) is 49.5. The lowest BCUT2D eigenvalue weighted by Gasteiger charge is -2.01. The number of aliphatic hydroxyl groups is 1. The Balaban J connectivity index is 0. The normalized spacial score (nSPS) is 9.94. The van der Waals surface area contributed by atoms with E-state index in [1.54, 1.807) is 30.3 Å². The fraction of sp³-hybridized carbons (Fsp3) is 0.179. The van der Waals surface area contributed by atoms with Crippen LogP contribution in [0.3, 0.4) is 0 Å². The predicted molar refractivity (Wildman–Crippen MR) is 194 cm³/mol. The molecule has 7 N–H and O–H groups in total. The van der Waals surface area contributed by atoms with Gasteiger partial charge in [0, 0.05) is 42.9 Å². The summed E-state index contributed by atoms with van der Waals surface area (Å²) in [5.41, 5.74) is 12.6. The van der Waals surface area contributed by atoms with E-state index in [-0.39, 0.29) is 31.4 Å². The number of nitriles is 3. The molecule has 0 aliphatic rings. The van der Waals surface area contributed by atoms with E-state index in [9.17, 15) is 25.3 Å². The van der Waals surface area contributed by atoms with Crippen LogP contribution in [0.2, 0.25) is 0 Å². The maximum Gasteiger partial charge on any atom is 0.262 e. The molecule has 4 rings (SSSR count). The molecular weight excluding hydrogens is 805 g/mol. The highest BCUT2D eigenvalue weighted by atomic mass is 35.7. The van der Waals surface area contributed by atoms with E-state index in [0.29, 0.717) is 23.6 Å². The highest BCUT2D eigenvalue weighted by molar-refractivity contribution is 8.13. The molecule has 0 unspecified atom stereocenters. The van der Waals surface area contributed by atoms with Gasteiger partial charge in [-0.25, -0.2) is 49.6 Å². The van der Waals surface area contributed by atoms with E-state index >= 15 is 0 Å². The maximum absolute atomic E-state index is 11.2. The largest absolute Gasteiger partial charge is 0.400 e. The number of anilines is 1. The summed E-state index contributed by atoms with van der Waals surface area (Å²) < 4.78 is 70.5. The van der Waals surface area contributed by atoms with Gasteiger partial charge >= 0.3 is 0 Å². The van der Waals surface area contributed by atoms with Crippen molar-refractivity contribution in [3.8, 4) is 18.2 Å². The van der Waals surface area contributed by atoms with Crippen LogP contribution in [0.1, 0.15) is 22.8 Å². The van der Waals surface area contributed by atoms with Crippen molar-refractivity contribution in [2.45, 2.75) is 21.2 Å². The molecule has 52 heavy (non-hydrogen) atoms. The van der Waals surface area contributed by atoms with Gasteiger partial charge in [0.25, 0.3) is 9.05 Å². The molecule has 0 aliphatic heterocycles. The Morgan fingerprint density at radius 3 is 1.25 bits per heavy atom. The average molecular weight is 837 g/mol. The number of halogens is 3. The summed E-state index contributed by atoms with van der Waals surface area (Å²) >= 11 is 9.53. The molecule has 4 aromatic rings. The average Bonchev–Trinajstić information content (AvgIpc) is 3.16. The fourth-order valence-electron chi connectivity index (χ4n) is 2.59. The Bertz CT molecular complexity index is 2090. The van der Waals surface area contributed by atoms with Gasteiger partial charge in [0.05, 0.1) is 22.9 Å². The lowest BCUT2D eigenvalue weighted by Crippen LogP contribution is -2.18. The zero-order valence-corrected chi connectivity index (χ0v) is 32.1. The van der Waals surface area contributed by atoms with Gasteiger partial charge in [0.15, 0.2) is 0 Å². The molecule has 0 spiro atoms. The monoisotopic (exact) mass is 835 g/mol. The Hall–Kier alpha value is -4.57. The number of pyridine rings is 4. The zero-order valence-electron chi connectivity index (χ0n) is 27.4. The molecule has 0 atom stereocenters. The molecule has 0 amide bonds. The smallest absolute Gasteiger partial charge is 0.262 e. The molecule has 0 fully saturated rings. The van der Waals surface area contributed by atoms with E-state index < -0.39 is 29.1 Å². The van der Waals surface area contributed by atoms with E-state index in [4.69, 9.17) is 66.2 Å². The van der Waals surface area contributed by atoms with Gasteiger partial charge in [-0.2, -0.15) is 15.8 Å². The van der Waals surface area contributed by atoms with Crippen LogP contribution in [0.5, 0.6) is 0 Å². The third kappa shape index (κ3) is 19.7. The number of nitrogens with one attached hydrogen (secondary N) is 2. The second-order valence-corrected chi connectivity index (χ2v) is 15.4. The molecular formula is C28H32Cl3N11O7S3. The van der Waals surface area contributed by atoms with Gasteiger partial charge in [0.1, 0.15) is 50.0 Å². The standard InChI is InChI=1S/C7H11N3O2S.C7H7N3O2S.C6H3ClN2O2S.C6H5N3.CH2Cl2.CH4O/c2*1-9-13(11,12)7-3-2-6(4-8)10-5-7;7-12(10,11)6-2-1-5(3-8)9-4-6;7-3-6-2-1-5(8)4-9-6;2-1-3;1-2/h2-3,5,9H,4,8H2,1H3;2-3,5,9H,1H3;1-2,4H;1-2,4H,8H2;1H2;2H,1H3. The molecule has 0 bridgehead atoms. The van der Waals surface area contributed by atoms with Gasteiger partial charge < -0.3 is 16.6 Å². The number of sulfonamides is 2. The van der Waals surface area contributed by atoms with Gasteiger partial charge in [-0.05, 0) is 62.6 Å². The first-order chi connectivity index (χ1) is 24.5. The summed E-state index contributed by atoms with van der Waals surface area (Å²) in [6, 6.07) is 16.9. The van der Waals surface area contributed by atoms with Gasteiger partial charge in [-0.1, -0.05) is 0 Å². The third-order valence-corrected chi connectivity index (χ3v) is 9.19. The number of aliphatic hydroxyl groups excluding tert-OH is 1. The zero-order chi connectivity index (χ0) is 40.4. The van der Waals surface area contributed by atoms with Crippen LogP contribution in [-0.4, -0.2) is 76.8 Å². The van der Waals surface area contributed by atoms with Crippen molar-refractivity contribution in [3.05, 3.63) is 96.1 Å². The van der Waals surface area contributed by atoms with Gasteiger partial charge in [0.2, 0.25) is 20.0 Å². The molecule has 280 valence electrons. The summed E-state index contributed by atoms with van der Waals surface area (Å²) in [4.78, 5) is 14.8. The van der Waals surface area contributed by atoms with Crippen LogP contribution in [0.4, 0.5) is 5.69 Å². The minimum Gasteiger partial charge on any atom is -0.400 e. The topological polar surface area (TPSA) is 322 Å². The second-order valence-electron chi connectivity index (χ2n) is 8.21. The Labute approximate surface area is 316 Å². The number of rotatable bonds is 6. The molecule has 0 saturated carbocycles. The van der Waals surface area contributed by atoms with Crippen molar-refractivity contribution in [1.82, 2.24) is 29.4 Å². The number of nitrogens with zero attached hydrogens (tertiary/aromatic N) is 7. The molecule has 0 radical (unpaired) electrons. The van der Waals surface area contributed by atoms with Crippen molar-refractivity contribution in [1.29, 1.82) is 15.8 Å². The molecule has 0 saturated heterocycles. The number of nitrogens with two attached hydrogens (primary N) is 2. The highest BCUT2D eigenvalue weighted by Gasteiger charge is 2.12. The number of aromatic nitrogens is 4. The van der Waals surface area contributed by atoms with E-state index in [2.05, 4.69) is 29.4 Å². The molecule has 0 aliphatic carbocycles. The number of alkyl halides is 2. The first-order valence-electron chi connectivity index (χ1n) is 13.4. The highest BCUT2D eigenvalue weighted by Crippen LogP contribution is 2.13. The first-order valence-corrected chi connectivity index (χ1v) is 19.7. The van der Waals surface area contributed by atoms with E-state index in [1.807, 2.05) is 6.07 Å². The molecule has 4 heterocycles. The minimum atomic E-state index is -3.73. The Kier molecular flexibility index (Phi) is 25.0. The van der Waals surface area contributed by atoms with Crippen molar-refractivity contribution >= 4 is 68.7 Å². The number of nitrogen functional groups attached to an aromatic ring is 1. The SMILES string of the molecule is CNS(=O)(=O)c1ccc(C#N)nc1.CNS(=O)(=O)c1ccc(CN)nc1.CO.ClCCl.N#Cc1ccc(N)cn1.N#Cc1ccc(S(=O)(=O)Cl)cn1. The maximum atomic E-state index is 11.2.